The van der Waals surface area contributed by atoms with Crippen LogP contribution in [-0.2, 0) is 31.5 Å². The van der Waals surface area contributed by atoms with Gasteiger partial charge in [0.25, 0.3) is 0 Å². The number of carbonyl (C=O) groups excluding carboxylic acids is 1. The predicted molar refractivity (Wildman–Crippen MR) is 165 cm³/mol. The summed E-state index contributed by atoms with van der Waals surface area (Å²) in [4.78, 5) is 12.5. The van der Waals surface area contributed by atoms with Gasteiger partial charge >= 0.3 is 13.7 Å². The second-order valence-corrected chi connectivity index (χ2v) is 12.7. The summed E-state index contributed by atoms with van der Waals surface area (Å²) in [6, 6.07) is 16.2. The van der Waals surface area contributed by atoms with Crippen molar-refractivity contribution in [2.75, 3.05) is 20.3 Å². The molecule has 0 unspecified atom stereocenters. The first-order chi connectivity index (χ1) is 19.7. The molecule has 4 N–H and O–H groups in total. The number of hydrogen-bond donors (Lipinski definition) is 3. The van der Waals surface area contributed by atoms with E-state index in [4.69, 9.17) is 19.5 Å². The maximum atomic E-state index is 14.0. The van der Waals surface area contributed by atoms with Crippen LogP contribution in [0.5, 0.6) is 5.75 Å². The van der Waals surface area contributed by atoms with Crippen LogP contribution in [0.3, 0.4) is 0 Å². The van der Waals surface area contributed by atoms with E-state index in [1.807, 2.05) is 13.8 Å². The number of rotatable bonds is 21. The third-order valence-corrected chi connectivity index (χ3v) is 9.04. The number of nitrogens with one attached hydrogen (secondary N) is 1. The van der Waals surface area contributed by atoms with Crippen molar-refractivity contribution in [3.8, 4) is 5.75 Å². The highest BCUT2D eigenvalue weighted by molar-refractivity contribution is 7.52. The van der Waals surface area contributed by atoms with Gasteiger partial charge < -0.3 is 20.1 Å². The standard InChI is InChI=1S/C32H51N2O6P/c1-5-7-8-9-10-12-15-27-18-20-28(21-19-27)22-23-32(33,24-35)25-39-41(37,40-29-16-13-11-14-17-29)34-30(26(3)6-2)31(36)38-4/h11,13-14,16-21,26,30,35H,5-10,12,15,22-25,33H2,1-4H3,(H,34,37)/t26-,30-,32-,41-/m0/s1. The highest BCUT2D eigenvalue weighted by Gasteiger charge is 2.39. The second kappa shape index (κ2) is 18.3. The van der Waals surface area contributed by atoms with Crippen molar-refractivity contribution in [1.29, 1.82) is 0 Å². The monoisotopic (exact) mass is 590 g/mol. The Morgan fingerprint density at radius 1 is 0.976 bits per heavy atom. The summed E-state index contributed by atoms with van der Waals surface area (Å²) in [6.45, 7) is 5.38. The Morgan fingerprint density at radius 2 is 1.59 bits per heavy atom. The third kappa shape index (κ3) is 12.7. The molecule has 0 saturated heterocycles. The number of benzene rings is 2. The lowest BCUT2D eigenvalue weighted by atomic mass is 9.93. The van der Waals surface area contributed by atoms with Crippen LogP contribution in [0, 0.1) is 5.92 Å². The van der Waals surface area contributed by atoms with Gasteiger partial charge in [-0.05, 0) is 54.9 Å². The van der Waals surface area contributed by atoms with Gasteiger partial charge in [0.2, 0.25) is 0 Å². The Hall–Kier alpha value is -2.22. The molecule has 0 aromatic heterocycles. The number of aryl methyl sites for hydroxylation is 2. The zero-order valence-corrected chi connectivity index (χ0v) is 26.2. The van der Waals surface area contributed by atoms with Crippen LogP contribution in [0.15, 0.2) is 54.6 Å². The number of unbranched alkanes of at least 4 members (excludes halogenated alkanes) is 5. The van der Waals surface area contributed by atoms with E-state index in [-0.39, 0.29) is 19.1 Å². The lowest BCUT2D eigenvalue weighted by Crippen LogP contribution is -2.49. The number of ether oxygens (including phenoxy) is 1. The molecule has 0 heterocycles. The van der Waals surface area contributed by atoms with Crippen LogP contribution in [-0.4, -0.2) is 43.0 Å². The number of methoxy groups -OCH3 is 1. The minimum Gasteiger partial charge on any atom is -0.468 e. The average molecular weight is 591 g/mol. The zero-order chi connectivity index (χ0) is 30.1. The van der Waals surface area contributed by atoms with E-state index in [9.17, 15) is 14.5 Å². The quantitative estimate of drug-likeness (QED) is 0.0846. The molecule has 41 heavy (non-hydrogen) atoms. The van der Waals surface area contributed by atoms with Gasteiger partial charge in [-0.2, -0.15) is 5.09 Å². The van der Waals surface area contributed by atoms with Gasteiger partial charge in [0.15, 0.2) is 0 Å². The Morgan fingerprint density at radius 3 is 2.17 bits per heavy atom. The van der Waals surface area contributed by atoms with E-state index in [0.717, 1.165) is 12.0 Å². The van der Waals surface area contributed by atoms with E-state index in [1.54, 1.807) is 30.3 Å². The summed E-state index contributed by atoms with van der Waals surface area (Å²) < 4.78 is 30.5. The minimum absolute atomic E-state index is 0.205. The summed E-state index contributed by atoms with van der Waals surface area (Å²) in [5, 5.41) is 13.0. The van der Waals surface area contributed by atoms with Crippen molar-refractivity contribution in [2.45, 2.75) is 96.6 Å². The van der Waals surface area contributed by atoms with Crippen LogP contribution in [0.1, 0.15) is 83.3 Å². The van der Waals surface area contributed by atoms with Gasteiger partial charge in [0, 0.05) is 0 Å². The molecule has 9 heteroatoms. The van der Waals surface area contributed by atoms with Crippen LogP contribution < -0.4 is 15.3 Å². The van der Waals surface area contributed by atoms with E-state index in [2.05, 4.69) is 36.3 Å². The molecule has 0 aliphatic rings. The fourth-order valence-corrected chi connectivity index (χ4v) is 6.15. The molecule has 0 bridgehead atoms. The van der Waals surface area contributed by atoms with Crippen molar-refractivity contribution in [3.05, 3.63) is 65.7 Å². The normalized spacial score (nSPS) is 15.9. The summed E-state index contributed by atoms with van der Waals surface area (Å²) >= 11 is 0. The highest BCUT2D eigenvalue weighted by Crippen LogP contribution is 2.46. The number of para-hydroxylation sites is 1. The Labute approximate surface area is 246 Å². The van der Waals surface area contributed by atoms with Crippen molar-refractivity contribution < 1.29 is 28.3 Å². The largest absolute Gasteiger partial charge is 0.468 e. The molecular weight excluding hydrogens is 539 g/mol. The summed E-state index contributed by atoms with van der Waals surface area (Å²) in [5.41, 5.74) is 7.77. The lowest BCUT2D eigenvalue weighted by Gasteiger charge is -2.31. The van der Waals surface area contributed by atoms with E-state index >= 15 is 0 Å². The van der Waals surface area contributed by atoms with Gasteiger partial charge in [-0.15, -0.1) is 0 Å². The maximum Gasteiger partial charge on any atom is 0.459 e. The first-order valence-electron chi connectivity index (χ1n) is 15.0. The Bertz CT molecular complexity index is 1050. The Kier molecular flexibility index (Phi) is 15.7. The molecule has 4 atom stereocenters. The van der Waals surface area contributed by atoms with Crippen LogP contribution in [0.4, 0.5) is 0 Å². The van der Waals surface area contributed by atoms with E-state index in [1.165, 1.54) is 51.2 Å². The molecule has 0 spiro atoms. The first kappa shape index (κ1) is 35.0. The van der Waals surface area contributed by atoms with Gasteiger partial charge in [0.05, 0.1) is 25.9 Å². The lowest BCUT2D eigenvalue weighted by molar-refractivity contribution is -0.144. The number of nitrogens with two attached hydrogens (primary N) is 1. The number of esters is 1. The van der Waals surface area contributed by atoms with Crippen LogP contribution in [0.2, 0.25) is 0 Å². The predicted octanol–water partition coefficient (Wildman–Crippen LogP) is 6.59. The molecule has 0 fully saturated rings. The van der Waals surface area contributed by atoms with Gasteiger partial charge in [-0.1, -0.05) is 102 Å². The van der Waals surface area contributed by atoms with E-state index < -0.39 is 25.3 Å². The van der Waals surface area contributed by atoms with E-state index in [0.29, 0.717) is 25.0 Å². The van der Waals surface area contributed by atoms with Gasteiger partial charge in [-0.3, -0.25) is 9.32 Å². The molecule has 8 nitrogen and oxygen atoms in total. The summed E-state index contributed by atoms with van der Waals surface area (Å²) in [6.07, 6.45) is 10.4. The molecular formula is C32H51N2O6P. The highest BCUT2D eigenvalue weighted by atomic mass is 31.2. The molecule has 0 radical (unpaired) electrons. The summed E-state index contributed by atoms with van der Waals surface area (Å²) in [5.74, 6) is -0.465. The van der Waals surface area contributed by atoms with Crippen LogP contribution in [0.25, 0.3) is 0 Å². The SMILES string of the molecule is CCCCCCCCc1ccc(CC[C@](N)(CO)CO[P@@](=O)(N[C@H](C(=O)OC)[C@@H](C)CC)Oc2ccccc2)cc1. The topological polar surface area (TPSA) is 120 Å². The van der Waals surface area contributed by atoms with Crippen molar-refractivity contribution in [2.24, 2.45) is 11.7 Å². The second-order valence-electron chi connectivity index (χ2n) is 11.0. The average Bonchev–Trinajstić information content (AvgIpc) is 3.00. The van der Waals surface area contributed by atoms with Crippen molar-refractivity contribution >= 4 is 13.7 Å². The fraction of sp³-hybridized carbons (Fsp3) is 0.594. The third-order valence-electron chi connectivity index (χ3n) is 7.52. The number of aliphatic hydroxyl groups excluding tert-OH is 1. The van der Waals surface area contributed by atoms with Crippen molar-refractivity contribution in [1.82, 2.24) is 5.09 Å². The molecule has 0 saturated carbocycles. The molecule has 0 aliphatic carbocycles. The molecule has 2 aromatic rings. The minimum atomic E-state index is -4.11. The smallest absolute Gasteiger partial charge is 0.459 e. The zero-order valence-electron chi connectivity index (χ0n) is 25.3. The summed E-state index contributed by atoms with van der Waals surface area (Å²) in [7, 11) is -2.83. The molecule has 2 rings (SSSR count). The first-order valence-corrected chi connectivity index (χ1v) is 16.5. The van der Waals surface area contributed by atoms with Crippen molar-refractivity contribution in [3.63, 3.8) is 0 Å². The van der Waals surface area contributed by atoms with Gasteiger partial charge in [-0.25, -0.2) is 4.57 Å². The number of carbonyl (C=O) groups is 1. The number of aliphatic hydroxyl groups is 1. The number of hydrogen-bond acceptors (Lipinski definition) is 7. The molecule has 2 aromatic carbocycles. The molecule has 0 amide bonds. The molecule has 230 valence electrons. The molecule has 0 aliphatic heterocycles. The fourth-order valence-electron chi connectivity index (χ4n) is 4.44. The van der Waals surface area contributed by atoms with Gasteiger partial charge in [0.1, 0.15) is 11.8 Å². The Balaban J connectivity index is 2.03. The maximum absolute atomic E-state index is 14.0. The van der Waals surface area contributed by atoms with Crippen LogP contribution >= 0.6 is 7.75 Å².